The van der Waals surface area contributed by atoms with E-state index in [1.54, 1.807) is 24.3 Å². The maximum atomic E-state index is 12.0. The molecule has 0 N–H and O–H groups in total. The first kappa shape index (κ1) is 19.4. The van der Waals surface area contributed by atoms with Gasteiger partial charge in [-0.25, -0.2) is 9.59 Å². The molecule has 0 saturated heterocycles. The summed E-state index contributed by atoms with van der Waals surface area (Å²) in [6, 6.07) is 14.7. The molecule has 0 heterocycles. The van der Waals surface area contributed by atoms with Crippen molar-refractivity contribution in [3.8, 4) is 11.5 Å². The highest BCUT2D eigenvalue weighted by molar-refractivity contribution is 5.93. The monoisotopic (exact) mass is 352 g/mol. The van der Waals surface area contributed by atoms with E-state index in [1.165, 1.54) is 0 Å². The van der Waals surface area contributed by atoms with E-state index in [0.29, 0.717) is 11.5 Å². The van der Waals surface area contributed by atoms with Crippen LogP contribution in [0.2, 0.25) is 0 Å². The van der Waals surface area contributed by atoms with Crippen LogP contribution in [0.25, 0.3) is 0 Å². The molecule has 4 heteroatoms. The zero-order valence-electron chi connectivity index (χ0n) is 15.6. The molecule has 0 fully saturated rings. The summed E-state index contributed by atoms with van der Waals surface area (Å²) in [6.45, 7) is 8.08. The molecule has 0 aliphatic heterocycles. The van der Waals surface area contributed by atoms with Gasteiger partial charge in [0.05, 0.1) is 0 Å². The summed E-state index contributed by atoms with van der Waals surface area (Å²) < 4.78 is 10.7. The van der Waals surface area contributed by atoms with Crippen molar-refractivity contribution in [1.29, 1.82) is 0 Å². The van der Waals surface area contributed by atoms with Gasteiger partial charge < -0.3 is 9.47 Å². The minimum atomic E-state index is -0.618. The number of para-hydroxylation sites is 2. The smallest absolute Gasteiger partial charge is 0.336 e. The van der Waals surface area contributed by atoms with Crippen LogP contribution in [-0.4, -0.2) is 11.9 Å². The highest BCUT2D eigenvalue weighted by Gasteiger charge is 2.12. The maximum absolute atomic E-state index is 12.0. The Morgan fingerprint density at radius 2 is 1.04 bits per heavy atom. The predicted octanol–water partition coefficient (Wildman–Crippen LogP) is 5.00. The van der Waals surface area contributed by atoms with Crippen LogP contribution in [0.1, 0.15) is 50.7 Å². The van der Waals surface area contributed by atoms with E-state index < -0.39 is 11.9 Å². The summed E-state index contributed by atoms with van der Waals surface area (Å²) in [6.07, 6.45) is 2.16. The summed E-state index contributed by atoms with van der Waals surface area (Å²) in [7, 11) is 0. The Labute approximate surface area is 154 Å². The lowest BCUT2D eigenvalue weighted by atomic mass is 10.0. The van der Waals surface area contributed by atoms with Gasteiger partial charge >= 0.3 is 11.9 Å². The second-order valence-corrected chi connectivity index (χ2v) is 6.56. The fourth-order valence-corrected chi connectivity index (χ4v) is 2.52. The standard InChI is InChI=1S/C22H24O4/c1-15(2)17-9-5-7-11-19(17)25-21(23)13-14-22(24)26-20-12-8-6-10-18(20)16(3)4/h5-16H,1-4H3/b14-13+. The average Bonchev–Trinajstić information content (AvgIpc) is 2.60. The van der Waals surface area contributed by atoms with E-state index >= 15 is 0 Å². The number of esters is 2. The lowest BCUT2D eigenvalue weighted by Gasteiger charge is -2.12. The van der Waals surface area contributed by atoms with Gasteiger partial charge in [0.15, 0.2) is 0 Å². The molecule has 0 saturated carbocycles. The number of carbonyl (C=O) groups is 2. The number of carbonyl (C=O) groups excluding carboxylic acids is 2. The van der Waals surface area contributed by atoms with Gasteiger partial charge in [-0.3, -0.25) is 0 Å². The molecule has 0 amide bonds. The van der Waals surface area contributed by atoms with Crippen molar-refractivity contribution in [1.82, 2.24) is 0 Å². The SMILES string of the molecule is CC(C)c1ccccc1OC(=O)/C=C/C(=O)Oc1ccccc1C(C)C. The van der Waals surface area contributed by atoms with Gasteiger partial charge in [0.1, 0.15) is 11.5 Å². The Morgan fingerprint density at radius 3 is 1.38 bits per heavy atom. The molecule has 26 heavy (non-hydrogen) atoms. The Hall–Kier alpha value is -2.88. The van der Waals surface area contributed by atoms with Crippen molar-refractivity contribution < 1.29 is 19.1 Å². The lowest BCUT2D eigenvalue weighted by molar-refractivity contribution is -0.131. The van der Waals surface area contributed by atoms with E-state index in [1.807, 2.05) is 52.0 Å². The van der Waals surface area contributed by atoms with Crippen LogP contribution < -0.4 is 9.47 Å². The first-order chi connectivity index (χ1) is 12.4. The molecule has 0 aromatic heterocycles. The molecule has 4 nitrogen and oxygen atoms in total. The van der Waals surface area contributed by atoms with Gasteiger partial charge in [-0.15, -0.1) is 0 Å². The van der Waals surface area contributed by atoms with Crippen LogP contribution in [0.15, 0.2) is 60.7 Å². The largest absolute Gasteiger partial charge is 0.423 e. The first-order valence-corrected chi connectivity index (χ1v) is 8.68. The molecule has 0 aliphatic carbocycles. The van der Waals surface area contributed by atoms with E-state index in [2.05, 4.69) is 0 Å². The summed E-state index contributed by atoms with van der Waals surface area (Å²) in [5.74, 6) is 0.201. The lowest BCUT2D eigenvalue weighted by Crippen LogP contribution is -2.10. The second-order valence-electron chi connectivity index (χ2n) is 6.56. The Kier molecular flexibility index (Phi) is 6.73. The molecule has 0 radical (unpaired) electrons. The quantitative estimate of drug-likeness (QED) is 0.417. The third kappa shape index (κ3) is 5.31. The molecule has 0 bridgehead atoms. The number of hydrogen-bond donors (Lipinski definition) is 0. The van der Waals surface area contributed by atoms with Gasteiger partial charge in [0, 0.05) is 12.2 Å². The van der Waals surface area contributed by atoms with Crippen molar-refractivity contribution >= 4 is 11.9 Å². The molecule has 2 rings (SSSR count). The Balaban J connectivity index is 2.02. The fraction of sp³-hybridized carbons (Fsp3) is 0.273. The Bertz CT molecular complexity index is 736. The van der Waals surface area contributed by atoms with Gasteiger partial charge in [0.2, 0.25) is 0 Å². The van der Waals surface area contributed by atoms with E-state index in [-0.39, 0.29) is 11.8 Å². The third-order valence-electron chi connectivity index (χ3n) is 3.86. The molecule has 0 unspecified atom stereocenters. The first-order valence-electron chi connectivity index (χ1n) is 8.68. The fourth-order valence-electron chi connectivity index (χ4n) is 2.52. The van der Waals surface area contributed by atoms with Crippen LogP contribution in [-0.2, 0) is 9.59 Å². The van der Waals surface area contributed by atoms with Crippen LogP contribution in [0.5, 0.6) is 11.5 Å². The average molecular weight is 352 g/mol. The summed E-state index contributed by atoms with van der Waals surface area (Å²) in [5, 5.41) is 0. The molecule has 136 valence electrons. The van der Waals surface area contributed by atoms with Crippen molar-refractivity contribution in [3.63, 3.8) is 0 Å². The predicted molar refractivity (Wildman–Crippen MR) is 101 cm³/mol. The minimum Gasteiger partial charge on any atom is -0.423 e. The molecule has 0 spiro atoms. The second kappa shape index (κ2) is 8.99. The maximum Gasteiger partial charge on any atom is 0.336 e. The number of hydrogen-bond acceptors (Lipinski definition) is 4. The van der Waals surface area contributed by atoms with E-state index in [9.17, 15) is 9.59 Å². The van der Waals surface area contributed by atoms with Crippen molar-refractivity contribution in [2.24, 2.45) is 0 Å². The van der Waals surface area contributed by atoms with Crippen LogP contribution >= 0.6 is 0 Å². The topological polar surface area (TPSA) is 52.6 Å². The molecule has 2 aromatic carbocycles. The normalized spacial score (nSPS) is 11.2. The molecule has 2 aromatic rings. The highest BCUT2D eigenvalue weighted by atomic mass is 16.5. The number of ether oxygens (including phenoxy) is 2. The summed E-state index contributed by atoms with van der Waals surface area (Å²) in [5.41, 5.74) is 1.87. The molecular weight excluding hydrogens is 328 g/mol. The van der Waals surface area contributed by atoms with Crippen LogP contribution in [0.3, 0.4) is 0 Å². The number of rotatable bonds is 6. The molecule has 0 atom stereocenters. The summed E-state index contributed by atoms with van der Waals surface area (Å²) in [4.78, 5) is 24.0. The van der Waals surface area contributed by atoms with Crippen molar-refractivity contribution in [2.75, 3.05) is 0 Å². The van der Waals surface area contributed by atoms with E-state index in [0.717, 1.165) is 23.3 Å². The molecule has 0 aliphatic rings. The van der Waals surface area contributed by atoms with Gasteiger partial charge in [0.25, 0.3) is 0 Å². The summed E-state index contributed by atoms with van der Waals surface area (Å²) >= 11 is 0. The Morgan fingerprint density at radius 1 is 0.692 bits per heavy atom. The van der Waals surface area contributed by atoms with Crippen molar-refractivity contribution in [2.45, 2.75) is 39.5 Å². The van der Waals surface area contributed by atoms with Crippen LogP contribution in [0.4, 0.5) is 0 Å². The highest BCUT2D eigenvalue weighted by Crippen LogP contribution is 2.27. The van der Waals surface area contributed by atoms with Crippen molar-refractivity contribution in [3.05, 3.63) is 71.8 Å². The zero-order valence-corrected chi connectivity index (χ0v) is 15.6. The number of benzene rings is 2. The zero-order chi connectivity index (χ0) is 19.1. The van der Waals surface area contributed by atoms with Crippen LogP contribution in [0, 0.1) is 0 Å². The minimum absolute atomic E-state index is 0.223. The molecular formula is C22H24O4. The van der Waals surface area contributed by atoms with Gasteiger partial charge in [-0.05, 0) is 35.1 Å². The van der Waals surface area contributed by atoms with Gasteiger partial charge in [-0.2, -0.15) is 0 Å². The van der Waals surface area contributed by atoms with Gasteiger partial charge in [-0.1, -0.05) is 64.1 Å². The third-order valence-corrected chi connectivity index (χ3v) is 3.86. The van der Waals surface area contributed by atoms with E-state index in [4.69, 9.17) is 9.47 Å².